The smallest absolute Gasteiger partial charge is 0.303 e. The van der Waals surface area contributed by atoms with Crippen LogP contribution in [0.2, 0.25) is 0 Å². The van der Waals surface area contributed by atoms with Crippen molar-refractivity contribution in [3.8, 4) is 0 Å². The van der Waals surface area contributed by atoms with Gasteiger partial charge in [-0.2, -0.15) is 0 Å². The maximum atomic E-state index is 11.6. The van der Waals surface area contributed by atoms with Gasteiger partial charge in [0.2, 0.25) is 5.91 Å². The molecule has 1 aromatic carbocycles. The number of aliphatic carboxylic acids is 1. The van der Waals surface area contributed by atoms with Crippen LogP contribution in [0.4, 0.5) is 0 Å². The second-order valence-corrected chi connectivity index (χ2v) is 5.27. The lowest BCUT2D eigenvalue weighted by atomic mass is 9.89. The Morgan fingerprint density at radius 3 is 2.81 bits per heavy atom. The van der Waals surface area contributed by atoms with Crippen LogP contribution >= 0.6 is 0 Å². The average molecular weight is 287 g/mol. The normalized spacial score (nSPS) is 13.2. The van der Waals surface area contributed by atoms with E-state index in [9.17, 15) is 9.59 Å². The van der Waals surface area contributed by atoms with Crippen molar-refractivity contribution in [3.63, 3.8) is 0 Å². The fourth-order valence-electron chi connectivity index (χ4n) is 2.63. The Morgan fingerprint density at radius 2 is 2.00 bits per heavy atom. The topological polar surface area (TPSA) is 66.4 Å². The first kappa shape index (κ1) is 15.3. The first-order chi connectivity index (χ1) is 10.2. The van der Waals surface area contributed by atoms with Crippen LogP contribution < -0.4 is 5.32 Å². The van der Waals surface area contributed by atoms with Crippen LogP contribution in [0.15, 0.2) is 30.3 Å². The molecule has 4 heteroatoms. The van der Waals surface area contributed by atoms with Crippen molar-refractivity contribution in [3.05, 3.63) is 41.5 Å². The highest BCUT2D eigenvalue weighted by Gasteiger charge is 2.11. The van der Waals surface area contributed by atoms with Crippen molar-refractivity contribution in [1.82, 2.24) is 5.32 Å². The minimum atomic E-state index is -0.855. The maximum Gasteiger partial charge on any atom is 0.303 e. The molecule has 2 rings (SSSR count). The predicted molar refractivity (Wildman–Crippen MR) is 81.9 cm³/mol. The Kier molecular flexibility index (Phi) is 5.55. The summed E-state index contributed by atoms with van der Waals surface area (Å²) in [6.45, 7) is 0.603. The van der Waals surface area contributed by atoms with Gasteiger partial charge in [0.15, 0.2) is 0 Å². The van der Waals surface area contributed by atoms with Gasteiger partial charge in [-0.25, -0.2) is 0 Å². The molecule has 1 aliphatic carbocycles. The van der Waals surface area contributed by atoms with Crippen LogP contribution in [0, 0.1) is 0 Å². The van der Waals surface area contributed by atoms with Gasteiger partial charge in [-0.05, 0) is 42.4 Å². The van der Waals surface area contributed by atoms with Crippen molar-refractivity contribution >= 4 is 17.4 Å². The number of allylic oxidation sites excluding steroid dienone is 1. The second kappa shape index (κ2) is 7.62. The van der Waals surface area contributed by atoms with Crippen molar-refractivity contribution < 1.29 is 14.7 Å². The number of amides is 1. The third-order valence-electron chi connectivity index (χ3n) is 3.68. The summed E-state index contributed by atoms with van der Waals surface area (Å²) in [6.07, 6.45) is 5.93. The number of nitrogens with one attached hydrogen (secondary N) is 1. The average Bonchev–Trinajstić information content (AvgIpc) is 2.47. The summed E-state index contributed by atoms with van der Waals surface area (Å²) in [5, 5.41) is 11.4. The number of fused-ring (bicyclic) bond motifs is 1. The van der Waals surface area contributed by atoms with Gasteiger partial charge >= 0.3 is 5.97 Å². The SMILES string of the molecule is O=C(O)CCCC(=O)NCCC1=CCCc2ccccc21. The number of carboxylic acid groups (broad SMARTS) is 1. The molecule has 1 amide bonds. The monoisotopic (exact) mass is 287 g/mol. The second-order valence-electron chi connectivity index (χ2n) is 5.27. The van der Waals surface area contributed by atoms with Crippen LogP contribution in [-0.2, 0) is 16.0 Å². The van der Waals surface area contributed by atoms with Gasteiger partial charge in [-0.3, -0.25) is 9.59 Å². The van der Waals surface area contributed by atoms with Gasteiger partial charge in [-0.15, -0.1) is 0 Å². The summed E-state index contributed by atoms with van der Waals surface area (Å²) < 4.78 is 0. The van der Waals surface area contributed by atoms with Crippen molar-refractivity contribution in [2.45, 2.75) is 38.5 Å². The summed E-state index contributed by atoms with van der Waals surface area (Å²) in [6, 6.07) is 8.40. The fourth-order valence-corrected chi connectivity index (χ4v) is 2.63. The Morgan fingerprint density at radius 1 is 1.19 bits per heavy atom. The molecule has 0 aliphatic heterocycles. The zero-order valence-electron chi connectivity index (χ0n) is 12.1. The molecule has 0 radical (unpaired) electrons. The van der Waals surface area contributed by atoms with E-state index >= 15 is 0 Å². The summed E-state index contributed by atoms with van der Waals surface area (Å²) in [5.74, 6) is -0.923. The largest absolute Gasteiger partial charge is 0.481 e. The minimum absolute atomic E-state index is 0.0476. The van der Waals surface area contributed by atoms with Crippen molar-refractivity contribution in [1.29, 1.82) is 0 Å². The zero-order chi connectivity index (χ0) is 15.1. The molecule has 0 heterocycles. The van der Waals surface area contributed by atoms with Gasteiger partial charge in [0, 0.05) is 19.4 Å². The third-order valence-corrected chi connectivity index (χ3v) is 3.68. The summed E-state index contributed by atoms with van der Waals surface area (Å²) in [4.78, 5) is 22.0. The van der Waals surface area contributed by atoms with Gasteiger partial charge in [0.05, 0.1) is 0 Å². The molecule has 1 aromatic rings. The van der Waals surface area contributed by atoms with E-state index in [2.05, 4.69) is 29.6 Å². The van der Waals surface area contributed by atoms with Gasteiger partial charge in [0.1, 0.15) is 0 Å². The van der Waals surface area contributed by atoms with Crippen LogP contribution in [0.25, 0.3) is 5.57 Å². The van der Waals surface area contributed by atoms with E-state index in [0.29, 0.717) is 13.0 Å². The first-order valence-corrected chi connectivity index (χ1v) is 7.42. The quantitative estimate of drug-likeness (QED) is 0.810. The standard InChI is InChI=1S/C17H21NO3/c19-16(9-4-10-17(20)21)18-12-11-14-7-3-6-13-5-1-2-8-15(13)14/h1-2,5,7-8H,3-4,6,9-12H2,(H,18,19)(H,20,21). The van der Waals surface area contributed by atoms with Gasteiger partial charge < -0.3 is 10.4 Å². The molecule has 4 nitrogen and oxygen atoms in total. The number of carbonyl (C=O) groups excluding carboxylic acids is 1. The molecule has 0 bridgehead atoms. The van der Waals surface area contributed by atoms with Gasteiger partial charge in [0.25, 0.3) is 0 Å². The predicted octanol–water partition coefficient (Wildman–Crippen LogP) is 2.78. The van der Waals surface area contributed by atoms with Crippen LogP contribution in [0.3, 0.4) is 0 Å². The molecule has 0 fully saturated rings. The zero-order valence-corrected chi connectivity index (χ0v) is 12.1. The first-order valence-electron chi connectivity index (χ1n) is 7.42. The molecule has 1 aliphatic rings. The minimum Gasteiger partial charge on any atom is -0.481 e. The highest BCUT2D eigenvalue weighted by Crippen LogP contribution is 2.28. The Hall–Kier alpha value is -2.10. The Labute approximate surface area is 124 Å². The van der Waals surface area contributed by atoms with E-state index in [1.54, 1.807) is 0 Å². The number of carbonyl (C=O) groups is 2. The molecule has 112 valence electrons. The summed E-state index contributed by atoms with van der Waals surface area (Å²) in [5.41, 5.74) is 3.97. The van der Waals surface area contributed by atoms with Crippen molar-refractivity contribution in [2.24, 2.45) is 0 Å². The highest BCUT2D eigenvalue weighted by molar-refractivity contribution is 5.77. The van der Waals surface area contributed by atoms with Crippen LogP contribution in [-0.4, -0.2) is 23.5 Å². The number of benzene rings is 1. The Bertz CT molecular complexity index is 549. The third kappa shape index (κ3) is 4.74. The van der Waals surface area contributed by atoms with E-state index in [-0.39, 0.29) is 18.7 Å². The van der Waals surface area contributed by atoms with E-state index in [0.717, 1.165) is 19.3 Å². The number of aryl methyl sites for hydroxylation is 1. The number of carboxylic acids is 1. The molecule has 0 saturated carbocycles. The molecule has 0 aromatic heterocycles. The molecule has 0 spiro atoms. The number of hydrogen-bond acceptors (Lipinski definition) is 2. The van der Waals surface area contributed by atoms with Crippen molar-refractivity contribution in [2.75, 3.05) is 6.54 Å². The molecule has 21 heavy (non-hydrogen) atoms. The van der Waals surface area contributed by atoms with Crippen LogP contribution in [0.1, 0.15) is 43.2 Å². The number of hydrogen-bond donors (Lipinski definition) is 2. The van der Waals surface area contributed by atoms with Crippen LogP contribution in [0.5, 0.6) is 0 Å². The fraction of sp³-hybridized carbons (Fsp3) is 0.412. The molecule has 0 atom stereocenters. The maximum absolute atomic E-state index is 11.6. The van der Waals surface area contributed by atoms with Gasteiger partial charge in [-0.1, -0.05) is 30.3 Å². The van der Waals surface area contributed by atoms with E-state index < -0.39 is 5.97 Å². The van der Waals surface area contributed by atoms with E-state index in [1.165, 1.54) is 16.7 Å². The molecule has 2 N–H and O–H groups in total. The van der Waals surface area contributed by atoms with E-state index in [1.807, 2.05) is 6.07 Å². The lowest BCUT2D eigenvalue weighted by molar-refractivity contribution is -0.137. The molecule has 0 saturated heterocycles. The highest BCUT2D eigenvalue weighted by atomic mass is 16.4. The Balaban J connectivity index is 1.75. The van der Waals surface area contributed by atoms with E-state index in [4.69, 9.17) is 5.11 Å². The summed E-state index contributed by atoms with van der Waals surface area (Å²) >= 11 is 0. The molecular weight excluding hydrogens is 266 g/mol. The molecular formula is C17H21NO3. The lowest BCUT2D eigenvalue weighted by Crippen LogP contribution is -2.24. The lowest BCUT2D eigenvalue weighted by Gasteiger charge is -2.17. The number of rotatable bonds is 7. The molecule has 0 unspecified atom stereocenters. The summed E-state index contributed by atoms with van der Waals surface area (Å²) in [7, 11) is 0.